The van der Waals surface area contributed by atoms with E-state index in [1.807, 2.05) is 0 Å². The number of nitrogens with zero attached hydrogens (tertiary/aromatic N) is 1. The van der Waals surface area contributed by atoms with Crippen molar-refractivity contribution in [2.45, 2.75) is 42.4 Å². The van der Waals surface area contributed by atoms with Crippen molar-refractivity contribution in [3.63, 3.8) is 0 Å². The lowest BCUT2D eigenvalue weighted by Crippen LogP contribution is -2.45. The lowest BCUT2D eigenvalue weighted by molar-refractivity contribution is -0.138. The summed E-state index contributed by atoms with van der Waals surface area (Å²) in [5, 5.41) is 2.49. The molecule has 1 aliphatic heterocycles. The molecule has 1 fully saturated rings. The van der Waals surface area contributed by atoms with Crippen LogP contribution in [0.15, 0.2) is 64.9 Å². The molecule has 4 rings (SSSR count). The number of sulfonamides is 1. The van der Waals surface area contributed by atoms with Crippen LogP contribution in [0.5, 0.6) is 5.75 Å². The van der Waals surface area contributed by atoms with Gasteiger partial charge >= 0.3 is 6.18 Å². The van der Waals surface area contributed by atoms with Gasteiger partial charge in [-0.2, -0.15) is 17.5 Å². The molecule has 1 aliphatic rings. The standard InChI is InChI=1S/C24H22ClF3N2O4S2/c25-21-10-11-22(35-21)36(32,33)30-12-4-7-20(30)23(31)29-14-17-9-8-16(13-19(17)24(26,27)28)15-34-18-5-2-1-3-6-18/h1-3,5-6,8-11,13,20H,4,7,12,14-15H2,(H,29,31)/t20-/m0/s1. The first-order chi connectivity index (χ1) is 17.1. The Morgan fingerprint density at radius 2 is 1.89 bits per heavy atom. The van der Waals surface area contributed by atoms with Gasteiger partial charge in [-0.3, -0.25) is 4.79 Å². The first-order valence-corrected chi connectivity index (χ1v) is 13.6. The Balaban J connectivity index is 1.46. The fraction of sp³-hybridized carbons (Fsp3) is 0.292. The van der Waals surface area contributed by atoms with E-state index >= 15 is 0 Å². The third kappa shape index (κ3) is 6.03. The molecular formula is C24H22ClF3N2O4S2. The number of ether oxygens (including phenoxy) is 1. The summed E-state index contributed by atoms with van der Waals surface area (Å²) < 4.78 is 74.2. The lowest BCUT2D eigenvalue weighted by Gasteiger charge is -2.23. The highest BCUT2D eigenvalue weighted by molar-refractivity contribution is 7.91. The van der Waals surface area contributed by atoms with E-state index in [1.165, 1.54) is 24.3 Å². The van der Waals surface area contributed by atoms with Crippen LogP contribution in [0.25, 0.3) is 0 Å². The molecule has 0 radical (unpaired) electrons. The quantitative estimate of drug-likeness (QED) is 0.398. The number of carbonyl (C=O) groups is 1. The van der Waals surface area contributed by atoms with Gasteiger partial charge in [0.15, 0.2) is 0 Å². The van der Waals surface area contributed by atoms with E-state index in [1.54, 1.807) is 30.3 Å². The molecule has 1 aromatic heterocycles. The number of amides is 1. The summed E-state index contributed by atoms with van der Waals surface area (Å²) in [6.45, 7) is -0.316. The topological polar surface area (TPSA) is 75.7 Å². The van der Waals surface area contributed by atoms with Gasteiger partial charge in [0, 0.05) is 13.1 Å². The number of hydrogen-bond acceptors (Lipinski definition) is 5. The highest BCUT2D eigenvalue weighted by Crippen LogP contribution is 2.34. The van der Waals surface area contributed by atoms with E-state index in [-0.39, 0.29) is 29.3 Å². The fourth-order valence-corrected chi connectivity index (χ4v) is 7.23. The van der Waals surface area contributed by atoms with E-state index in [9.17, 15) is 26.4 Å². The van der Waals surface area contributed by atoms with Crippen molar-refractivity contribution in [1.29, 1.82) is 0 Å². The first kappa shape index (κ1) is 26.5. The molecule has 1 amide bonds. The van der Waals surface area contributed by atoms with Gasteiger partial charge in [0.05, 0.1) is 9.90 Å². The molecule has 2 heterocycles. The maximum Gasteiger partial charge on any atom is 0.416 e. The highest BCUT2D eigenvalue weighted by Gasteiger charge is 2.40. The SMILES string of the molecule is O=C(NCc1ccc(COc2ccccc2)cc1C(F)(F)F)[C@@H]1CCCN1S(=O)(=O)c1ccc(Cl)s1. The van der Waals surface area contributed by atoms with E-state index < -0.39 is 40.3 Å². The van der Waals surface area contributed by atoms with Crippen LogP contribution in [0, 0.1) is 0 Å². The Labute approximate surface area is 215 Å². The normalized spacial score (nSPS) is 16.7. The van der Waals surface area contributed by atoms with Gasteiger partial charge in [-0.25, -0.2) is 8.42 Å². The molecule has 1 atom stereocenters. The molecule has 0 aliphatic carbocycles. The zero-order valence-electron chi connectivity index (χ0n) is 18.8. The summed E-state index contributed by atoms with van der Waals surface area (Å²) in [5.41, 5.74) is -0.693. The van der Waals surface area contributed by atoms with Crippen LogP contribution in [-0.4, -0.2) is 31.2 Å². The summed E-state index contributed by atoms with van der Waals surface area (Å²) in [7, 11) is -3.95. The monoisotopic (exact) mass is 558 g/mol. The summed E-state index contributed by atoms with van der Waals surface area (Å²) in [4.78, 5) is 12.9. The zero-order chi connectivity index (χ0) is 25.9. The molecule has 0 saturated carbocycles. The Morgan fingerprint density at radius 3 is 2.56 bits per heavy atom. The van der Waals surface area contributed by atoms with E-state index in [0.29, 0.717) is 22.1 Å². The molecule has 1 saturated heterocycles. The van der Waals surface area contributed by atoms with Gasteiger partial charge in [0.2, 0.25) is 5.91 Å². The van der Waals surface area contributed by atoms with Crippen molar-refractivity contribution < 1.29 is 31.1 Å². The number of nitrogens with one attached hydrogen (secondary N) is 1. The molecule has 6 nitrogen and oxygen atoms in total. The minimum atomic E-state index is -4.65. The van der Waals surface area contributed by atoms with Crippen LogP contribution < -0.4 is 10.1 Å². The van der Waals surface area contributed by atoms with Gasteiger partial charge in [0.25, 0.3) is 10.0 Å². The number of carbonyl (C=O) groups excluding carboxylic acids is 1. The van der Waals surface area contributed by atoms with Crippen molar-refractivity contribution in [3.05, 3.63) is 81.7 Å². The summed E-state index contributed by atoms with van der Waals surface area (Å²) in [5.74, 6) is -0.119. The van der Waals surface area contributed by atoms with Crippen LogP contribution in [0.1, 0.15) is 29.5 Å². The van der Waals surface area contributed by atoms with Crippen molar-refractivity contribution in [3.8, 4) is 5.75 Å². The smallest absolute Gasteiger partial charge is 0.416 e. The number of para-hydroxylation sites is 1. The lowest BCUT2D eigenvalue weighted by atomic mass is 10.0. The molecular weight excluding hydrogens is 537 g/mol. The second kappa shape index (κ2) is 10.8. The molecule has 192 valence electrons. The van der Waals surface area contributed by atoms with Gasteiger partial charge < -0.3 is 10.1 Å². The van der Waals surface area contributed by atoms with E-state index in [0.717, 1.165) is 21.7 Å². The Morgan fingerprint density at radius 1 is 1.14 bits per heavy atom. The average molecular weight is 559 g/mol. The van der Waals surface area contributed by atoms with Crippen molar-refractivity contribution in [2.75, 3.05) is 6.54 Å². The van der Waals surface area contributed by atoms with E-state index in [2.05, 4.69) is 5.32 Å². The maximum atomic E-state index is 13.8. The summed E-state index contributed by atoms with van der Waals surface area (Å²) in [6, 6.07) is 14.3. The highest BCUT2D eigenvalue weighted by atomic mass is 35.5. The molecule has 12 heteroatoms. The van der Waals surface area contributed by atoms with Gasteiger partial charge in [-0.05, 0) is 54.3 Å². The number of thiophene rings is 1. The number of hydrogen-bond donors (Lipinski definition) is 1. The molecule has 1 N–H and O–H groups in total. The zero-order valence-corrected chi connectivity index (χ0v) is 21.2. The van der Waals surface area contributed by atoms with Crippen LogP contribution in [0.4, 0.5) is 13.2 Å². The number of halogens is 4. The molecule has 0 spiro atoms. The number of benzene rings is 2. The molecule has 36 heavy (non-hydrogen) atoms. The first-order valence-electron chi connectivity index (χ1n) is 11.0. The minimum absolute atomic E-state index is 0.0138. The molecule has 0 unspecified atom stereocenters. The van der Waals surface area contributed by atoms with Gasteiger partial charge in [0.1, 0.15) is 22.6 Å². The average Bonchev–Trinajstić information content (AvgIpc) is 3.52. The maximum absolute atomic E-state index is 13.8. The second-order valence-electron chi connectivity index (χ2n) is 8.14. The largest absolute Gasteiger partial charge is 0.489 e. The predicted octanol–water partition coefficient (Wildman–Crippen LogP) is 5.47. The number of rotatable bonds is 8. The van der Waals surface area contributed by atoms with Crippen LogP contribution >= 0.6 is 22.9 Å². The van der Waals surface area contributed by atoms with Gasteiger partial charge in [-0.1, -0.05) is 41.9 Å². The van der Waals surface area contributed by atoms with Crippen LogP contribution in [0.3, 0.4) is 0 Å². The summed E-state index contributed by atoms with van der Waals surface area (Å²) in [6.07, 6.45) is -3.92. The Kier molecular flexibility index (Phi) is 7.93. The summed E-state index contributed by atoms with van der Waals surface area (Å²) >= 11 is 6.74. The molecule has 2 aromatic carbocycles. The van der Waals surface area contributed by atoms with Crippen LogP contribution in [-0.2, 0) is 34.1 Å². The van der Waals surface area contributed by atoms with E-state index in [4.69, 9.17) is 16.3 Å². The predicted molar refractivity (Wildman–Crippen MR) is 130 cm³/mol. The molecule has 3 aromatic rings. The fourth-order valence-electron chi connectivity index (χ4n) is 3.96. The third-order valence-electron chi connectivity index (χ3n) is 5.70. The van der Waals surface area contributed by atoms with Gasteiger partial charge in [-0.15, -0.1) is 11.3 Å². The Hall–Kier alpha value is -2.60. The van der Waals surface area contributed by atoms with Crippen molar-refractivity contribution in [2.24, 2.45) is 0 Å². The van der Waals surface area contributed by atoms with Crippen molar-refractivity contribution >= 4 is 38.9 Å². The van der Waals surface area contributed by atoms with Crippen molar-refractivity contribution in [1.82, 2.24) is 9.62 Å². The van der Waals surface area contributed by atoms with Crippen LogP contribution in [0.2, 0.25) is 4.34 Å². The third-order valence-corrected chi connectivity index (χ3v) is 9.31. The number of alkyl halides is 3. The second-order valence-corrected chi connectivity index (χ2v) is 12.0. The Bertz CT molecular complexity index is 1330. The minimum Gasteiger partial charge on any atom is -0.489 e. The molecule has 0 bridgehead atoms.